The molecule has 3 aromatic heterocycles. The van der Waals surface area contributed by atoms with E-state index in [1.807, 2.05) is 30.3 Å². The van der Waals surface area contributed by atoms with E-state index in [4.69, 9.17) is 11.6 Å². The molecule has 8 nitrogen and oxygen atoms in total. The molecule has 0 bridgehead atoms. The first kappa shape index (κ1) is 19.7. The van der Waals surface area contributed by atoms with Crippen LogP contribution in [0.3, 0.4) is 0 Å². The van der Waals surface area contributed by atoms with Crippen LogP contribution >= 0.6 is 11.6 Å². The molecule has 3 heterocycles. The molecule has 2 atom stereocenters. The molecular formula is C21H17ClN6O2. The van der Waals surface area contributed by atoms with Crippen LogP contribution in [0.25, 0.3) is 11.3 Å². The number of nitrogens with one attached hydrogen (secondary N) is 2. The van der Waals surface area contributed by atoms with Crippen LogP contribution in [0.5, 0.6) is 0 Å². The van der Waals surface area contributed by atoms with Gasteiger partial charge in [0.25, 0.3) is 5.56 Å². The van der Waals surface area contributed by atoms with Crippen molar-refractivity contribution in [2.45, 2.75) is 18.3 Å². The molecule has 0 unspecified atom stereocenters. The number of aromatic nitrogens is 6. The summed E-state index contributed by atoms with van der Waals surface area (Å²) in [5.41, 5.74) is 1.73. The van der Waals surface area contributed by atoms with E-state index >= 15 is 0 Å². The summed E-state index contributed by atoms with van der Waals surface area (Å²) in [6.45, 7) is 0. The Morgan fingerprint density at radius 2 is 1.67 bits per heavy atom. The normalized spacial score (nSPS) is 17.0. The number of halogens is 1. The van der Waals surface area contributed by atoms with Crippen LogP contribution in [-0.2, 0) is 0 Å². The second-order valence-corrected chi connectivity index (χ2v) is 7.09. The Hall–Kier alpha value is -3.65. The smallest absolute Gasteiger partial charge is 0.313 e. The molecule has 0 saturated heterocycles. The van der Waals surface area contributed by atoms with Gasteiger partial charge in [0.05, 0.1) is 5.56 Å². The summed E-state index contributed by atoms with van der Waals surface area (Å²) in [5.74, 6) is 0.658. The van der Waals surface area contributed by atoms with Crippen molar-refractivity contribution >= 4 is 11.6 Å². The molecule has 1 aliphatic carbocycles. The molecule has 0 radical (unpaired) electrons. The molecule has 5 rings (SSSR count). The molecule has 2 N–H and O–H groups in total. The minimum atomic E-state index is -0.558. The fraction of sp³-hybridized carbons (Fsp3) is 0.143. The van der Waals surface area contributed by atoms with Gasteiger partial charge in [-0.25, -0.2) is 4.79 Å². The van der Waals surface area contributed by atoms with Crippen molar-refractivity contribution in [3.8, 4) is 11.3 Å². The van der Waals surface area contributed by atoms with Gasteiger partial charge in [-0.05, 0) is 47.6 Å². The summed E-state index contributed by atoms with van der Waals surface area (Å²) in [7, 11) is 0. The van der Waals surface area contributed by atoms with Crippen LogP contribution in [0.4, 0.5) is 0 Å². The molecular weight excluding hydrogens is 404 g/mol. The van der Waals surface area contributed by atoms with Crippen molar-refractivity contribution in [3.63, 3.8) is 0 Å². The number of benzene rings is 1. The highest BCUT2D eigenvalue weighted by Gasteiger charge is 2.41. The second-order valence-electron chi connectivity index (χ2n) is 6.73. The minimum absolute atomic E-state index is 0.260. The van der Waals surface area contributed by atoms with Gasteiger partial charge in [-0.2, -0.15) is 10.2 Å². The molecule has 1 fully saturated rings. The van der Waals surface area contributed by atoms with Gasteiger partial charge < -0.3 is 4.98 Å². The third kappa shape index (κ3) is 4.49. The zero-order valence-corrected chi connectivity index (χ0v) is 16.5. The van der Waals surface area contributed by atoms with Crippen LogP contribution in [0, 0.1) is 0 Å². The average Bonchev–Trinajstić information content (AvgIpc) is 3.57. The molecule has 1 aromatic carbocycles. The summed E-state index contributed by atoms with van der Waals surface area (Å²) in [6.07, 6.45) is 5.60. The van der Waals surface area contributed by atoms with E-state index < -0.39 is 11.2 Å². The van der Waals surface area contributed by atoms with Gasteiger partial charge in [-0.3, -0.25) is 9.78 Å². The molecule has 0 spiro atoms. The number of H-pyrrole nitrogens is 2. The second kappa shape index (κ2) is 8.79. The Balaban J connectivity index is 0.000000313. The quantitative estimate of drug-likeness (QED) is 0.526. The summed E-state index contributed by atoms with van der Waals surface area (Å²) < 4.78 is 0. The molecule has 1 aliphatic rings. The van der Waals surface area contributed by atoms with Crippen LogP contribution in [0.15, 0.2) is 76.7 Å². The predicted molar refractivity (Wildman–Crippen MR) is 112 cm³/mol. The molecule has 150 valence electrons. The van der Waals surface area contributed by atoms with Crippen molar-refractivity contribution in [3.05, 3.63) is 104 Å². The van der Waals surface area contributed by atoms with Crippen LogP contribution in [0.2, 0.25) is 5.15 Å². The Kier molecular flexibility index (Phi) is 5.76. The SMILES string of the molecule is O=c1[nH]cc(-c2cc([C@H]3C[C@@H]3c3ccccc3)c(Cl)nn2)c(=O)[nH]1.c1ccnnc1. The fourth-order valence-corrected chi connectivity index (χ4v) is 3.48. The first-order valence-corrected chi connectivity index (χ1v) is 9.63. The Labute approximate surface area is 176 Å². The summed E-state index contributed by atoms with van der Waals surface area (Å²) in [6, 6.07) is 15.7. The first-order chi connectivity index (χ1) is 14.6. The van der Waals surface area contributed by atoms with Crippen molar-refractivity contribution in [2.24, 2.45) is 0 Å². The largest absolute Gasteiger partial charge is 0.325 e. The van der Waals surface area contributed by atoms with Gasteiger partial charge in [0, 0.05) is 18.6 Å². The average molecular weight is 421 g/mol. The van der Waals surface area contributed by atoms with E-state index in [1.165, 1.54) is 11.8 Å². The number of rotatable bonds is 3. The summed E-state index contributed by atoms with van der Waals surface area (Å²) in [4.78, 5) is 27.7. The minimum Gasteiger partial charge on any atom is -0.313 e. The third-order valence-electron chi connectivity index (χ3n) is 4.77. The van der Waals surface area contributed by atoms with E-state index in [1.54, 1.807) is 18.5 Å². The van der Waals surface area contributed by atoms with Crippen LogP contribution in [0.1, 0.15) is 29.4 Å². The Bertz CT molecular complexity index is 1220. The van der Waals surface area contributed by atoms with E-state index in [2.05, 4.69) is 42.5 Å². The van der Waals surface area contributed by atoms with E-state index in [-0.39, 0.29) is 11.5 Å². The molecule has 4 aromatic rings. The lowest BCUT2D eigenvalue weighted by molar-refractivity contribution is 0.952. The monoisotopic (exact) mass is 420 g/mol. The molecule has 0 aliphatic heterocycles. The lowest BCUT2D eigenvalue weighted by atomic mass is 10.0. The van der Waals surface area contributed by atoms with E-state index in [9.17, 15) is 9.59 Å². The maximum atomic E-state index is 11.9. The first-order valence-electron chi connectivity index (χ1n) is 9.25. The summed E-state index contributed by atoms with van der Waals surface area (Å²) in [5, 5.41) is 15.4. The lowest BCUT2D eigenvalue weighted by Crippen LogP contribution is -2.23. The van der Waals surface area contributed by atoms with Crippen molar-refractivity contribution in [2.75, 3.05) is 0 Å². The number of hydrogen-bond acceptors (Lipinski definition) is 6. The highest BCUT2D eigenvalue weighted by Crippen LogP contribution is 2.55. The van der Waals surface area contributed by atoms with E-state index in [0.29, 0.717) is 16.8 Å². The molecule has 30 heavy (non-hydrogen) atoms. The van der Waals surface area contributed by atoms with Crippen LogP contribution in [-0.4, -0.2) is 30.4 Å². The van der Waals surface area contributed by atoms with Crippen molar-refractivity contribution in [1.29, 1.82) is 0 Å². The topological polar surface area (TPSA) is 117 Å². The highest BCUT2D eigenvalue weighted by molar-refractivity contribution is 6.30. The predicted octanol–water partition coefficient (Wildman–Crippen LogP) is 2.92. The maximum absolute atomic E-state index is 11.9. The number of hydrogen-bond donors (Lipinski definition) is 2. The van der Waals surface area contributed by atoms with Gasteiger partial charge in [-0.15, -0.1) is 10.2 Å². The third-order valence-corrected chi connectivity index (χ3v) is 5.07. The van der Waals surface area contributed by atoms with Gasteiger partial charge in [0.1, 0.15) is 5.69 Å². The standard InChI is InChI=1S/C17H13ClN4O2.C4H4N2/c18-15-12(11-6-10(11)9-4-2-1-3-5-9)7-14(21-22-15)13-8-19-17(24)20-16(13)23;1-2-4-6-5-3-1/h1-5,7-8,10-11H,6H2,(H2,19,20,23,24);1-4H/t10-,11+;/m1./s1. The van der Waals surface area contributed by atoms with Crippen molar-refractivity contribution in [1.82, 2.24) is 30.4 Å². The van der Waals surface area contributed by atoms with Gasteiger partial charge in [0.2, 0.25) is 0 Å². The maximum Gasteiger partial charge on any atom is 0.325 e. The van der Waals surface area contributed by atoms with Crippen molar-refractivity contribution < 1.29 is 0 Å². The fourth-order valence-electron chi connectivity index (χ4n) is 3.24. The lowest BCUT2D eigenvalue weighted by Gasteiger charge is -2.05. The van der Waals surface area contributed by atoms with E-state index in [0.717, 1.165) is 12.0 Å². The Morgan fingerprint density at radius 3 is 2.30 bits per heavy atom. The van der Waals surface area contributed by atoms with Crippen LogP contribution < -0.4 is 11.2 Å². The van der Waals surface area contributed by atoms with Gasteiger partial charge in [-0.1, -0.05) is 41.9 Å². The Morgan fingerprint density at radius 1 is 0.933 bits per heavy atom. The number of aromatic amines is 2. The van der Waals surface area contributed by atoms with Gasteiger partial charge >= 0.3 is 5.69 Å². The highest BCUT2D eigenvalue weighted by atomic mass is 35.5. The molecule has 9 heteroatoms. The summed E-state index contributed by atoms with van der Waals surface area (Å²) >= 11 is 6.22. The number of nitrogens with zero attached hydrogens (tertiary/aromatic N) is 4. The zero-order valence-electron chi connectivity index (χ0n) is 15.7. The molecule has 0 amide bonds. The molecule has 1 saturated carbocycles. The van der Waals surface area contributed by atoms with Gasteiger partial charge in [0.15, 0.2) is 5.15 Å². The zero-order chi connectivity index (χ0) is 20.9.